The number of aromatic nitrogens is 3. The monoisotopic (exact) mass is 757 g/mol. The normalized spacial score (nSPS) is 11.7. The Hall–Kier alpha value is -3.21. The van der Waals surface area contributed by atoms with E-state index in [4.69, 9.17) is 0 Å². The summed E-state index contributed by atoms with van der Waals surface area (Å²) in [6.07, 6.45) is 10.5. The standard InChI is InChI=1S/C24H22N3.C13H24O2.Ir/c1-16-26-14-20(15-27-16)17-9-10-25-23(13-17)19-11-18-7-5-6-8-21(18)22(12-19)24(2,3)4;1-5-10(6-2)12(14)9-13(15)11(7-3)8-4;/h5-10,12-15H,1-4H3;9-11,14H,5-8H2,1-4H3;/q-1;;/b;12-9-;. The largest absolute Gasteiger partial charge is 0.512 e. The average Bonchev–Trinajstić information content (AvgIpc) is 2.98. The van der Waals surface area contributed by atoms with E-state index < -0.39 is 0 Å². The zero-order valence-corrected chi connectivity index (χ0v) is 29.3. The third kappa shape index (κ3) is 9.64. The Morgan fingerprint density at radius 2 is 1.49 bits per heavy atom. The van der Waals surface area contributed by atoms with Crippen LogP contribution in [0.5, 0.6) is 0 Å². The van der Waals surface area contributed by atoms with Crippen molar-refractivity contribution in [1.82, 2.24) is 15.0 Å². The molecule has 6 heteroatoms. The van der Waals surface area contributed by atoms with Crippen LogP contribution in [0, 0.1) is 24.8 Å². The number of allylic oxidation sites excluding steroid dienone is 2. The molecule has 0 bridgehead atoms. The molecule has 2 aromatic heterocycles. The van der Waals surface area contributed by atoms with Crippen molar-refractivity contribution in [3.05, 3.63) is 90.3 Å². The second-order valence-electron chi connectivity index (χ2n) is 11.8. The number of fused-ring (bicyclic) bond motifs is 1. The van der Waals surface area contributed by atoms with E-state index in [9.17, 15) is 9.90 Å². The minimum absolute atomic E-state index is 0. The Morgan fingerprint density at radius 3 is 2.07 bits per heavy atom. The molecule has 2 heterocycles. The van der Waals surface area contributed by atoms with Gasteiger partial charge in [-0.2, -0.15) is 0 Å². The van der Waals surface area contributed by atoms with Gasteiger partial charge in [0.15, 0.2) is 5.78 Å². The number of pyridine rings is 1. The van der Waals surface area contributed by atoms with E-state index in [2.05, 4.69) is 78.2 Å². The van der Waals surface area contributed by atoms with Gasteiger partial charge >= 0.3 is 0 Å². The van der Waals surface area contributed by atoms with Crippen molar-refractivity contribution < 1.29 is 30.0 Å². The number of carbonyl (C=O) groups is 1. The van der Waals surface area contributed by atoms with Gasteiger partial charge in [-0.15, -0.1) is 29.1 Å². The predicted octanol–water partition coefficient (Wildman–Crippen LogP) is 9.63. The molecule has 0 aliphatic carbocycles. The summed E-state index contributed by atoms with van der Waals surface area (Å²) in [4.78, 5) is 24.9. The molecule has 0 spiro atoms. The second kappa shape index (κ2) is 16.6. The molecule has 0 aliphatic rings. The molecule has 4 rings (SSSR count). The van der Waals surface area contributed by atoms with Crippen LogP contribution in [0.15, 0.2) is 72.9 Å². The molecule has 231 valence electrons. The molecule has 0 amide bonds. The summed E-state index contributed by atoms with van der Waals surface area (Å²) < 4.78 is 0. The van der Waals surface area contributed by atoms with Crippen LogP contribution in [0.25, 0.3) is 33.2 Å². The summed E-state index contributed by atoms with van der Waals surface area (Å²) >= 11 is 0. The van der Waals surface area contributed by atoms with Gasteiger partial charge in [0.05, 0.1) is 5.76 Å². The van der Waals surface area contributed by atoms with Gasteiger partial charge in [-0.1, -0.05) is 83.7 Å². The van der Waals surface area contributed by atoms with Gasteiger partial charge in [-0.05, 0) is 49.7 Å². The fraction of sp³-hybridized carbons (Fsp3) is 0.405. The topological polar surface area (TPSA) is 76.0 Å². The number of hydrogen-bond acceptors (Lipinski definition) is 5. The fourth-order valence-electron chi connectivity index (χ4n) is 5.07. The van der Waals surface area contributed by atoms with Crippen molar-refractivity contribution in [2.45, 2.75) is 86.5 Å². The molecule has 1 radical (unpaired) electrons. The molecule has 0 saturated heterocycles. The number of aliphatic hydroxyl groups is 1. The zero-order chi connectivity index (χ0) is 30.9. The van der Waals surface area contributed by atoms with E-state index in [-0.39, 0.29) is 48.9 Å². The first kappa shape index (κ1) is 36.0. The Bertz CT molecular complexity index is 1500. The Morgan fingerprint density at radius 1 is 0.884 bits per heavy atom. The maximum atomic E-state index is 11.7. The maximum absolute atomic E-state index is 11.7. The Balaban J connectivity index is 0.000000348. The number of benzene rings is 2. The molecular formula is C37H46IrN3O2-. The summed E-state index contributed by atoms with van der Waals surface area (Å²) in [7, 11) is 0. The smallest absolute Gasteiger partial charge is 0.162 e. The molecule has 0 unspecified atom stereocenters. The molecule has 43 heavy (non-hydrogen) atoms. The van der Waals surface area contributed by atoms with Gasteiger partial charge in [0.25, 0.3) is 0 Å². The van der Waals surface area contributed by atoms with Crippen LogP contribution in [0.2, 0.25) is 0 Å². The van der Waals surface area contributed by atoms with E-state index in [0.29, 0.717) is 0 Å². The summed E-state index contributed by atoms with van der Waals surface area (Å²) in [6, 6.07) is 18.3. The number of carbonyl (C=O) groups excluding carboxylic acids is 1. The minimum atomic E-state index is 0. The van der Waals surface area contributed by atoms with Crippen molar-refractivity contribution in [2.75, 3.05) is 0 Å². The molecule has 2 aromatic carbocycles. The van der Waals surface area contributed by atoms with E-state index in [1.807, 2.05) is 59.3 Å². The second-order valence-corrected chi connectivity index (χ2v) is 11.8. The van der Waals surface area contributed by atoms with E-state index >= 15 is 0 Å². The van der Waals surface area contributed by atoms with Crippen molar-refractivity contribution in [3.8, 4) is 22.4 Å². The molecule has 0 saturated carbocycles. The number of aliphatic hydroxyl groups excluding tert-OH is 1. The van der Waals surface area contributed by atoms with Gasteiger partial charge in [0.2, 0.25) is 0 Å². The maximum Gasteiger partial charge on any atom is 0.162 e. The van der Waals surface area contributed by atoms with Gasteiger partial charge in [0.1, 0.15) is 5.82 Å². The molecule has 0 atom stereocenters. The van der Waals surface area contributed by atoms with Crippen LogP contribution < -0.4 is 0 Å². The van der Waals surface area contributed by atoms with Gasteiger partial charge in [-0.25, -0.2) is 9.97 Å². The predicted molar refractivity (Wildman–Crippen MR) is 174 cm³/mol. The minimum Gasteiger partial charge on any atom is -0.512 e. The third-order valence-corrected chi connectivity index (χ3v) is 7.82. The van der Waals surface area contributed by atoms with Gasteiger partial charge in [-0.3, -0.25) is 9.78 Å². The molecule has 1 N–H and O–H groups in total. The quantitative estimate of drug-likeness (QED) is 0.105. The van der Waals surface area contributed by atoms with E-state index in [0.717, 1.165) is 59.3 Å². The number of nitrogens with zero attached hydrogens (tertiary/aromatic N) is 3. The Labute approximate surface area is 271 Å². The van der Waals surface area contributed by atoms with Crippen LogP contribution in [0.1, 0.15) is 85.5 Å². The van der Waals surface area contributed by atoms with Crippen LogP contribution in [0.3, 0.4) is 0 Å². The number of rotatable bonds is 9. The number of ketones is 1. The Kier molecular flexibility index (Phi) is 13.9. The molecule has 5 nitrogen and oxygen atoms in total. The SMILES string of the molecule is CCC(CC)C(=O)/C=C(\O)C(CC)CC.Cc1ncc(-c2ccnc(-c3[c-]c4ccccc4c(C(C)(C)C)c3)c2)cn1.[Ir]. The van der Waals surface area contributed by atoms with Crippen LogP contribution in [-0.4, -0.2) is 25.8 Å². The van der Waals surface area contributed by atoms with Gasteiger partial charge < -0.3 is 5.11 Å². The summed E-state index contributed by atoms with van der Waals surface area (Å²) in [5.41, 5.74) is 5.29. The van der Waals surface area contributed by atoms with E-state index in [1.165, 1.54) is 17.0 Å². The zero-order valence-electron chi connectivity index (χ0n) is 26.9. The third-order valence-electron chi connectivity index (χ3n) is 7.82. The molecule has 4 aromatic rings. The van der Waals surface area contributed by atoms with Crippen LogP contribution >= 0.6 is 0 Å². The van der Waals surface area contributed by atoms with Crippen molar-refractivity contribution >= 4 is 16.6 Å². The van der Waals surface area contributed by atoms with Gasteiger partial charge in [0, 0.05) is 67.9 Å². The van der Waals surface area contributed by atoms with Crippen LogP contribution in [-0.2, 0) is 30.3 Å². The van der Waals surface area contributed by atoms with E-state index in [1.54, 1.807) is 0 Å². The number of aryl methyl sites for hydroxylation is 1. The molecular weight excluding hydrogens is 711 g/mol. The first-order chi connectivity index (χ1) is 20.0. The fourth-order valence-corrected chi connectivity index (χ4v) is 5.07. The first-order valence-electron chi connectivity index (χ1n) is 15.2. The van der Waals surface area contributed by atoms with Crippen molar-refractivity contribution in [3.63, 3.8) is 0 Å². The van der Waals surface area contributed by atoms with Crippen molar-refractivity contribution in [2.24, 2.45) is 11.8 Å². The summed E-state index contributed by atoms with van der Waals surface area (Å²) in [5, 5.41) is 12.1. The average molecular weight is 757 g/mol. The number of hydrogen-bond donors (Lipinski definition) is 1. The van der Waals surface area contributed by atoms with Crippen LogP contribution in [0.4, 0.5) is 0 Å². The summed E-state index contributed by atoms with van der Waals surface area (Å²) in [5.74, 6) is 1.32. The molecule has 0 aliphatic heterocycles. The summed E-state index contributed by atoms with van der Waals surface area (Å²) in [6.45, 7) is 16.7. The van der Waals surface area contributed by atoms with Crippen molar-refractivity contribution in [1.29, 1.82) is 0 Å². The first-order valence-corrected chi connectivity index (χ1v) is 15.2. The molecule has 0 fully saturated rings.